The fourth-order valence-electron chi connectivity index (χ4n) is 1.13. The van der Waals surface area contributed by atoms with E-state index in [0.29, 0.717) is 12.4 Å². The summed E-state index contributed by atoms with van der Waals surface area (Å²) in [6, 6.07) is -0.635. The summed E-state index contributed by atoms with van der Waals surface area (Å²) in [6.45, 7) is 5.91. The van der Waals surface area contributed by atoms with Gasteiger partial charge in [-0.15, -0.1) is 0 Å². The highest BCUT2D eigenvalue weighted by Crippen LogP contribution is 2.22. The van der Waals surface area contributed by atoms with Gasteiger partial charge in [-0.05, 0) is 20.8 Å². The largest absolute Gasteiger partial charge is 0.394 e. The second-order valence-corrected chi connectivity index (χ2v) is 3.69. The number of aliphatic hydroxyl groups is 1. The Hall–Kier alpha value is -0.980. The van der Waals surface area contributed by atoms with Gasteiger partial charge in [-0.3, -0.25) is 0 Å². The van der Waals surface area contributed by atoms with E-state index in [2.05, 4.69) is 10.1 Å². The highest BCUT2D eigenvalue weighted by Gasteiger charge is 2.28. The average Bonchev–Trinajstić information content (AvgIpc) is 2.66. The monoisotopic (exact) mass is 215 g/mol. The Balaban J connectivity index is 2.83. The first-order valence-electron chi connectivity index (χ1n) is 4.85. The summed E-state index contributed by atoms with van der Waals surface area (Å²) in [5, 5.41) is 12.6. The normalized spacial score (nSPS) is 14.2. The van der Waals surface area contributed by atoms with Gasteiger partial charge in [-0.1, -0.05) is 5.16 Å². The third-order valence-corrected chi connectivity index (χ3v) is 2.00. The summed E-state index contributed by atoms with van der Waals surface area (Å²) in [5.74, 6) is 0.656. The standard InChI is InChI=1S/C9H17N3O3/c1-4-14-9(2,3)8-11-7(15-12-8)6(10)5-13/h6,13H,4-5,10H2,1-3H3. The third-order valence-electron chi connectivity index (χ3n) is 2.00. The zero-order valence-corrected chi connectivity index (χ0v) is 9.23. The maximum atomic E-state index is 8.82. The van der Waals surface area contributed by atoms with Crippen molar-refractivity contribution in [2.45, 2.75) is 32.4 Å². The van der Waals surface area contributed by atoms with Crippen LogP contribution in [0.5, 0.6) is 0 Å². The van der Waals surface area contributed by atoms with Crippen LogP contribution in [-0.2, 0) is 10.3 Å². The van der Waals surface area contributed by atoms with Gasteiger partial charge in [0.25, 0.3) is 0 Å². The molecule has 1 rings (SSSR count). The zero-order chi connectivity index (χ0) is 11.5. The van der Waals surface area contributed by atoms with Crippen molar-refractivity contribution in [2.75, 3.05) is 13.2 Å². The number of aromatic nitrogens is 2. The van der Waals surface area contributed by atoms with Crippen molar-refractivity contribution >= 4 is 0 Å². The Labute approximate surface area is 88.4 Å². The number of ether oxygens (including phenoxy) is 1. The maximum Gasteiger partial charge on any atom is 0.246 e. The molecule has 0 aliphatic heterocycles. The van der Waals surface area contributed by atoms with E-state index in [1.807, 2.05) is 20.8 Å². The van der Waals surface area contributed by atoms with Crippen molar-refractivity contribution in [3.8, 4) is 0 Å². The van der Waals surface area contributed by atoms with Crippen molar-refractivity contribution in [3.05, 3.63) is 11.7 Å². The predicted molar refractivity (Wildman–Crippen MR) is 53.0 cm³/mol. The van der Waals surface area contributed by atoms with Gasteiger partial charge in [-0.2, -0.15) is 4.98 Å². The molecule has 0 fully saturated rings. The highest BCUT2D eigenvalue weighted by molar-refractivity contribution is 4.99. The van der Waals surface area contributed by atoms with Crippen LogP contribution in [0.3, 0.4) is 0 Å². The molecule has 0 aliphatic rings. The number of nitrogens with zero attached hydrogens (tertiary/aromatic N) is 2. The average molecular weight is 215 g/mol. The quantitative estimate of drug-likeness (QED) is 0.735. The molecule has 0 aliphatic carbocycles. The molecule has 1 atom stereocenters. The first-order valence-corrected chi connectivity index (χ1v) is 4.85. The molecule has 1 aromatic rings. The van der Waals surface area contributed by atoms with Crippen LogP contribution in [-0.4, -0.2) is 28.5 Å². The lowest BCUT2D eigenvalue weighted by Crippen LogP contribution is -2.23. The van der Waals surface area contributed by atoms with Crippen molar-refractivity contribution in [1.29, 1.82) is 0 Å². The fraction of sp³-hybridized carbons (Fsp3) is 0.778. The molecule has 0 saturated carbocycles. The van der Waals surface area contributed by atoms with Crippen molar-refractivity contribution in [2.24, 2.45) is 5.73 Å². The molecule has 0 bridgehead atoms. The molecule has 6 nitrogen and oxygen atoms in total. The van der Waals surface area contributed by atoms with E-state index in [0.717, 1.165) is 0 Å². The number of hydrogen-bond acceptors (Lipinski definition) is 6. The van der Waals surface area contributed by atoms with Gasteiger partial charge in [0.05, 0.1) is 6.61 Å². The molecule has 6 heteroatoms. The van der Waals surface area contributed by atoms with Crippen LogP contribution >= 0.6 is 0 Å². The summed E-state index contributed by atoms with van der Waals surface area (Å²) >= 11 is 0. The topological polar surface area (TPSA) is 94.4 Å². The van der Waals surface area contributed by atoms with E-state index in [4.69, 9.17) is 20.1 Å². The number of nitrogens with two attached hydrogens (primary N) is 1. The lowest BCUT2D eigenvalue weighted by atomic mass is 10.1. The lowest BCUT2D eigenvalue weighted by Gasteiger charge is -2.19. The second kappa shape index (κ2) is 4.69. The molecular formula is C9H17N3O3. The lowest BCUT2D eigenvalue weighted by molar-refractivity contribution is -0.0221. The molecule has 15 heavy (non-hydrogen) atoms. The van der Waals surface area contributed by atoms with E-state index in [9.17, 15) is 0 Å². The van der Waals surface area contributed by atoms with Crippen molar-refractivity contribution < 1.29 is 14.4 Å². The van der Waals surface area contributed by atoms with Crippen LogP contribution in [0.25, 0.3) is 0 Å². The van der Waals surface area contributed by atoms with E-state index < -0.39 is 11.6 Å². The molecule has 1 heterocycles. The van der Waals surface area contributed by atoms with Gasteiger partial charge in [-0.25, -0.2) is 0 Å². The second-order valence-electron chi connectivity index (χ2n) is 3.69. The fourth-order valence-corrected chi connectivity index (χ4v) is 1.13. The molecular weight excluding hydrogens is 198 g/mol. The minimum absolute atomic E-state index is 0.222. The summed E-state index contributed by atoms with van der Waals surface area (Å²) in [4.78, 5) is 4.08. The summed E-state index contributed by atoms with van der Waals surface area (Å²) in [5.41, 5.74) is 4.93. The predicted octanol–water partition coefficient (Wildman–Crippen LogP) is 0.333. The van der Waals surface area contributed by atoms with Gasteiger partial charge < -0.3 is 20.1 Å². The molecule has 0 radical (unpaired) electrons. The Bertz CT molecular complexity index is 311. The van der Waals surface area contributed by atoms with Crippen LogP contribution in [0, 0.1) is 0 Å². The van der Waals surface area contributed by atoms with E-state index in [-0.39, 0.29) is 12.5 Å². The Morgan fingerprint density at radius 3 is 2.80 bits per heavy atom. The molecule has 1 aromatic heterocycles. The molecule has 1 unspecified atom stereocenters. The smallest absolute Gasteiger partial charge is 0.246 e. The van der Waals surface area contributed by atoms with Gasteiger partial charge in [0.15, 0.2) is 0 Å². The third kappa shape index (κ3) is 2.74. The molecule has 0 spiro atoms. The van der Waals surface area contributed by atoms with E-state index >= 15 is 0 Å². The zero-order valence-electron chi connectivity index (χ0n) is 9.23. The highest BCUT2D eigenvalue weighted by atomic mass is 16.5. The van der Waals surface area contributed by atoms with Crippen LogP contribution in [0.15, 0.2) is 4.52 Å². The first kappa shape index (κ1) is 12.1. The van der Waals surface area contributed by atoms with Crippen molar-refractivity contribution in [1.82, 2.24) is 10.1 Å². The summed E-state index contributed by atoms with van der Waals surface area (Å²) in [7, 11) is 0. The molecule has 0 saturated heterocycles. The minimum atomic E-state index is -0.635. The Morgan fingerprint density at radius 2 is 2.27 bits per heavy atom. The van der Waals surface area contributed by atoms with E-state index in [1.54, 1.807) is 0 Å². The number of hydrogen-bond donors (Lipinski definition) is 2. The van der Waals surface area contributed by atoms with Crippen LogP contribution in [0.1, 0.15) is 38.5 Å². The van der Waals surface area contributed by atoms with Crippen LogP contribution < -0.4 is 5.73 Å². The van der Waals surface area contributed by atoms with E-state index in [1.165, 1.54) is 0 Å². The number of rotatable bonds is 5. The Kier molecular flexibility index (Phi) is 3.78. The summed E-state index contributed by atoms with van der Waals surface area (Å²) < 4.78 is 10.4. The van der Waals surface area contributed by atoms with Gasteiger partial charge in [0.1, 0.15) is 11.6 Å². The van der Waals surface area contributed by atoms with Gasteiger partial charge in [0.2, 0.25) is 11.7 Å². The van der Waals surface area contributed by atoms with Crippen LogP contribution in [0.2, 0.25) is 0 Å². The SMILES string of the molecule is CCOC(C)(C)c1noc(C(N)CO)n1. The van der Waals surface area contributed by atoms with Crippen LogP contribution in [0.4, 0.5) is 0 Å². The van der Waals surface area contributed by atoms with Crippen molar-refractivity contribution in [3.63, 3.8) is 0 Å². The van der Waals surface area contributed by atoms with Gasteiger partial charge in [0, 0.05) is 6.61 Å². The summed E-state index contributed by atoms with van der Waals surface area (Å²) in [6.07, 6.45) is 0. The molecule has 86 valence electrons. The maximum absolute atomic E-state index is 8.82. The first-order chi connectivity index (χ1) is 7.01. The van der Waals surface area contributed by atoms with Gasteiger partial charge >= 0.3 is 0 Å². The Morgan fingerprint density at radius 1 is 1.60 bits per heavy atom. The molecule has 0 amide bonds. The molecule has 3 N–H and O–H groups in total. The molecule has 0 aromatic carbocycles. The number of aliphatic hydroxyl groups excluding tert-OH is 1. The minimum Gasteiger partial charge on any atom is -0.394 e.